The Balaban J connectivity index is 1.79. The Morgan fingerprint density at radius 1 is 1.24 bits per heavy atom. The Bertz CT molecular complexity index is 1340. The second-order valence-electron chi connectivity index (χ2n) is 6.02. The van der Waals surface area contributed by atoms with Crippen LogP contribution in [0.25, 0.3) is 17.0 Å². The maximum Gasteiger partial charge on any atom is 0.338 e. The maximum absolute atomic E-state index is 13.0. The average Bonchev–Trinajstić information content (AvgIpc) is 3.34. The summed E-state index contributed by atoms with van der Waals surface area (Å²) in [4.78, 5) is 18.2. The molecule has 0 aliphatic rings. The number of ether oxygens (including phenoxy) is 1. The van der Waals surface area contributed by atoms with E-state index >= 15 is 0 Å². The lowest BCUT2D eigenvalue weighted by molar-refractivity contribution is 0.0697. The number of sulfone groups is 1. The van der Waals surface area contributed by atoms with Crippen LogP contribution in [0.3, 0.4) is 0 Å². The molecule has 2 aromatic carbocycles. The van der Waals surface area contributed by atoms with Crippen LogP contribution in [0.2, 0.25) is 5.02 Å². The molecule has 11 heteroatoms. The molecule has 148 valence electrons. The van der Waals surface area contributed by atoms with Crippen LogP contribution in [0.15, 0.2) is 58.6 Å². The number of fused-ring (bicyclic) bond motifs is 1. The summed E-state index contributed by atoms with van der Waals surface area (Å²) in [5.41, 5.74) is 0.807. The molecule has 0 saturated heterocycles. The standard InChI is InChI=1S/C18H13ClN4O5S/c1-28-11-2-4-12(5-3-11)29(26,27)16-7-15-14(6-13(16)19)21-18(22-15)23-9-10(8-20-23)17(24)25/h2-9H,1H3,(H,21,22)(H,24,25). The van der Waals surface area contributed by atoms with E-state index in [4.69, 9.17) is 21.4 Å². The molecular formula is C18H13ClN4O5S. The predicted molar refractivity (Wildman–Crippen MR) is 104 cm³/mol. The molecule has 2 N–H and O–H groups in total. The summed E-state index contributed by atoms with van der Waals surface area (Å²) in [6, 6.07) is 8.77. The summed E-state index contributed by atoms with van der Waals surface area (Å²) in [6.07, 6.45) is 2.47. The summed E-state index contributed by atoms with van der Waals surface area (Å²) < 4.78 is 32.3. The first-order chi connectivity index (χ1) is 13.8. The number of nitrogens with zero attached hydrogens (tertiary/aromatic N) is 3. The number of aromatic carboxylic acids is 1. The van der Waals surface area contributed by atoms with E-state index in [-0.39, 0.29) is 26.3 Å². The number of carboxylic acid groups (broad SMARTS) is 1. The van der Waals surface area contributed by atoms with Gasteiger partial charge in [-0.2, -0.15) is 5.10 Å². The second kappa shape index (κ2) is 6.90. The molecule has 0 saturated carbocycles. The van der Waals surface area contributed by atoms with Crippen LogP contribution in [-0.4, -0.2) is 46.4 Å². The molecule has 0 unspecified atom stereocenters. The van der Waals surface area contributed by atoms with Crippen molar-refractivity contribution in [2.45, 2.75) is 9.79 Å². The summed E-state index contributed by atoms with van der Waals surface area (Å²) >= 11 is 6.25. The molecule has 0 atom stereocenters. The smallest absolute Gasteiger partial charge is 0.338 e. The molecule has 0 aliphatic heterocycles. The van der Waals surface area contributed by atoms with E-state index in [1.807, 2.05) is 0 Å². The molecule has 2 heterocycles. The third-order valence-electron chi connectivity index (χ3n) is 4.23. The van der Waals surface area contributed by atoms with Gasteiger partial charge in [-0.25, -0.2) is 22.9 Å². The SMILES string of the molecule is COc1ccc(S(=O)(=O)c2cc3nc(-n4cc(C(=O)O)cn4)[nH]c3cc2Cl)cc1. The highest BCUT2D eigenvalue weighted by Crippen LogP contribution is 2.32. The number of aromatic nitrogens is 4. The van der Waals surface area contributed by atoms with E-state index in [0.29, 0.717) is 16.8 Å². The van der Waals surface area contributed by atoms with Crippen LogP contribution in [-0.2, 0) is 9.84 Å². The summed E-state index contributed by atoms with van der Waals surface area (Å²) in [5.74, 6) is -0.367. The van der Waals surface area contributed by atoms with E-state index in [0.717, 1.165) is 0 Å². The van der Waals surface area contributed by atoms with Crippen molar-refractivity contribution < 1.29 is 23.1 Å². The van der Waals surface area contributed by atoms with Crippen LogP contribution in [0.5, 0.6) is 5.75 Å². The third-order valence-corrected chi connectivity index (χ3v) is 6.46. The number of hydrogen-bond acceptors (Lipinski definition) is 6. The number of rotatable bonds is 5. The second-order valence-corrected chi connectivity index (χ2v) is 8.34. The van der Waals surface area contributed by atoms with Crippen molar-refractivity contribution in [1.29, 1.82) is 0 Å². The molecule has 9 nitrogen and oxygen atoms in total. The molecular weight excluding hydrogens is 420 g/mol. The van der Waals surface area contributed by atoms with Gasteiger partial charge in [-0.1, -0.05) is 11.6 Å². The van der Waals surface area contributed by atoms with Gasteiger partial charge in [0.05, 0.1) is 44.7 Å². The normalized spacial score (nSPS) is 11.7. The summed E-state index contributed by atoms with van der Waals surface area (Å²) in [6.45, 7) is 0. The minimum Gasteiger partial charge on any atom is -0.497 e. The molecule has 0 radical (unpaired) electrons. The van der Waals surface area contributed by atoms with Crippen molar-refractivity contribution in [3.8, 4) is 11.7 Å². The number of carboxylic acids is 1. The number of aromatic amines is 1. The number of carbonyl (C=O) groups is 1. The summed E-state index contributed by atoms with van der Waals surface area (Å²) in [7, 11) is -2.40. The lowest BCUT2D eigenvalue weighted by Crippen LogP contribution is -2.03. The molecule has 0 fully saturated rings. The van der Waals surface area contributed by atoms with E-state index in [9.17, 15) is 13.2 Å². The highest BCUT2D eigenvalue weighted by Gasteiger charge is 2.23. The molecule has 29 heavy (non-hydrogen) atoms. The molecule has 0 aliphatic carbocycles. The van der Waals surface area contributed by atoms with Crippen LogP contribution in [0, 0.1) is 0 Å². The number of benzene rings is 2. The zero-order valence-electron chi connectivity index (χ0n) is 14.8. The minimum absolute atomic E-state index is 0.00809. The fourth-order valence-electron chi connectivity index (χ4n) is 2.74. The van der Waals surface area contributed by atoms with Crippen molar-refractivity contribution in [2.75, 3.05) is 7.11 Å². The Hall–Kier alpha value is -3.37. The van der Waals surface area contributed by atoms with Crippen molar-refractivity contribution in [2.24, 2.45) is 0 Å². The third kappa shape index (κ3) is 3.32. The van der Waals surface area contributed by atoms with Gasteiger partial charge in [-0.15, -0.1) is 0 Å². The van der Waals surface area contributed by atoms with Gasteiger partial charge in [-0.3, -0.25) is 0 Å². The van der Waals surface area contributed by atoms with E-state index in [2.05, 4.69) is 15.1 Å². The maximum atomic E-state index is 13.0. The van der Waals surface area contributed by atoms with Gasteiger partial charge in [0.15, 0.2) is 0 Å². The summed E-state index contributed by atoms with van der Waals surface area (Å²) in [5, 5.41) is 13.0. The number of hydrogen-bond donors (Lipinski definition) is 2. The Kier molecular flexibility index (Phi) is 4.52. The first-order valence-electron chi connectivity index (χ1n) is 8.16. The van der Waals surface area contributed by atoms with Gasteiger partial charge in [0.1, 0.15) is 5.75 Å². The molecule has 0 amide bonds. The van der Waals surface area contributed by atoms with Gasteiger partial charge in [-0.05, 0) is 36.4 Å². The van der Waals surface area contributed by atoms with Crippen molar-refractivity contribution >= 4 is 38.4 Å². The lowest BCUT2D eigenvalue weighted by atomic mass is 10.3. The highest BCUT2D eigenvalue weighted by atomic mass is 35.5. The van der Waals surface area contributed by atoms with E-state index < -0.39 is 15.8 Å². The number of halogens is 1. The monoisotopic (exact) mass is 432 g/mol. The first-order valence-corrected chi connectivity index (χ1v) is 10.0. The average molecular weight is 433 g/mol. The molecule has 0 spiro atoms. The highest BCUT2D eigenvalue weighted by molar-refractivity contribution is 7.91. The Labute approximate surface area is 169 Å². The van der Waals surface area contributed by atoms with Gasteiger partial charge in [0, 0.05) is 6.20 Å². The number of imidazole rings is 1. The largest absolute Gasteiger partial charge is 0.497 e. The van der Waals surface area contributed by atoms with Crippen LogP contribution < -0.4 is 4.74 Å². The van der Waals surface area contributed by atoms with Crippen LogP contribution >= 0.6 is 11.6 Å². The zero-order chi connectivity index (χ0) is 20.8. The van der Waals surface area contributed by atoms with Gasteiger partial charge in [0.2, 0.25) is 15.8 Å². The molecule has 0 bridgehead atoms. The Morgan fingerprint density at radius 3 is 2.59 bits per heavy atom. The molecule has 4 aromatic rings. The van der Waals surface area contributed by atoms with E-state index in [1.54, 1.807) is 12.1 Å². The number of methoxy groups -OCH3 is 1. The van der Waals surface area contributed by atoms with Crippen LogP contribution in [0.4, 0.5) is 0 Å². The Morgan fingerprint density at radius 2 is 1.97 bits per heavy atom. The minimum atomic E-state index is -3.89. The fraction of sp³-hybridized carbons (Fsp3) is 0.0556. The van der Waals surface area contributed by atoms with Crippen LogP contribution in [0.1, 0.15) is 10.4 Å². The topological polar surface area (TPSA) is 127 Å². The fourth-order valence-corrected chi connectivity index (χ4v) is 4.54. The van der Waals surface area contributed by atoms with Gasteiger partial charge >= 0.3 is 5.97 Å². The quantitative estimate of drug-likeness (QED) is 0.496. The van der Waals surface area contributed by atoms with Crippen molar-refractivity contribution in [3.05, 3.63) is 59.4 Å². The lowest BCUT2D eigenvalue weighted by Gasteiger charge is -2.07. The number of nitrogens with one attached hydrogen (secondary N) is 1. The van der Waals surface area contributed by atoms with Gasteiger partial charge < -0.3 is 14.8 Å². The van der Waals surface area contributed by atoms with Crippen molar-refractivity contribution in [3.63, 3.8) is 0 Å². The van der Waals surface area contributed by atoms with Crippen molar-refractivity contribution in [1.82, 2.24) is 19.7 Å². The molecule has 4 rings (SSSR count). The number of H-pyrrole nitrogens is 1. The molecule has 2 aromatic heterocycles. The van der Waals surface area contributed by atoms with E-state index in [1.165, 1.54) is 48.5 Å². The first kappa shape index (κ1) is 19.0. The predicted octanol–water partition coefficient (Wildman–Crippen LogP) is 2.94. The van der Waals surface area contributed by atoms with Gasteiger partial charge in [0.25, 0.3) is 0 Å². The zero-order valence-corrected chi connectivity index (χ0v) is 16.4.